The van der Waals surface area contributed by atoms with Crippen LogP contribution in [0.4, 0.5) is 0 Å². The van der Waals surface area contributed by atoms with Crippen molar-refractivity contribution in [2.24, 2.45) is 0 Å². The van der Waals surface area contributed by atoms with Gasteiger partial charge in [0.05, 0.1) is 22.1 Å². The second-order valence-corrected chi connectivity index (χ2v) is 21.2. The van der Waals surface area contributed by atoms with Gasteiger partial charge >= 0.3 is 0 Å². The van der Waals surface area contributed by atoms with E-state index in [4.69, 9.17) is 15.7 Å². The van der Waals surface area contributed by atoms with Gasteiger partial charge < -0.3 is 18.3 Å². The van der Waals surface area contributed by atoms with Crippen LogP contribution in [0.3, 0.4) is 0 Å². The molecule has 8 heteroatoms. The number of fused-ring (bicyclic) bond motifs is 10. The molecular weight excluding hydrogens is 1020 g/mol. The number of pyridine rings is 4. The maximum atomic E-state index is 6.54. The summed E-state index contributed by atoms with van der Waals surface area (Å²) in [6, 6.07) is 71.3. The van der Waals surface area contributed by atoms with Crippen LogP contribution in [0.1, 0.15) is 5.56 Å². The molecule has 0 saturated carbocycles. The topological polar surface area (TPSA) is 83.8 Å². The molecule has 8 aromatic carbocycles. The molecule has 8 nitrogen and oxygen atoms in total. The summed E-state index contributed by atoms with van der Waals surface area (Å²) in [5.41, 5.74) is 22.8. The molecule has 1 aliphatic rings. The largest absolute Gasteiger partial charge is 0.489 e. The van der Waals surface area contributed by atoms with Crippen LogP contribution in [0, 0.1) is 0 Å². The molecule has 0 N–H and O–H groups in total. The van der Waals surface area contributed by atoms with Crippen LogP contribution < -0.4 is 4.74 Å². The highest BCUT2D eigenvalue weighted by molar-refractivity contribution is 6.13. The zero-order chi connectivity index (χ0) is 55.0. The summed E-state index contributed by atoms with van der Waals surface area (Å²) in [5, 5.41) is 6.79. The summed E-state index contributed by atoms with van der Waals surface area (Å²) < 4.78 is 17.7. The van der Waals surface area contributed by atoms with Gasteiger partial charge in [0.25, 0.3) is 0 Å². The molecule has 0 saturated heterocycles. The monoisotopic (exact) mass is 1060 g/mol. The molecule has 16 rings (SSSR count). The van der Waals surface area contributed by atoms with Gasteiger partial charge in [0.2, 0.25) is 0 Å². The molecule has 0 bridgehead atoms. The van der Waals surface area contributed by atoms with Gasteiger partial charge in [-0.15, -0.1) is 0 Å². The Bertz CT molecular complexity index is 5180. The summed E-state index contributed by atoms with van der Waals surface area (Å²) >= 11 is 0. The summed E-state index contributed by atoms with van der Waals surface area (Å²) in [6.07, 6.45) is 21.4. The van der Waals surface area contributed by atoms with Crippen molar-refractivity contribution in [3.8, 4) is 78.2 Å². The summed E-state index contributed by atoms with van der Waals surface area (Å²) in [4.78, 5) is 17.9. The molecule has 0 aliphatic carbocycles. The highest BCUT2D eigenvalue weighted by Crippen LogP contribution is 2.42. The quantitative estimate of drug-likeness (QED) is 0.151. The molecule has 1 aliphatic heterocycles. The Kier molecular flexibility index (Phi) is 11.2. The van der Waals surface area contributed by atoms with E-state index in [1.165, 1.54) is 10.8 Å². The number of furan rings is 1. The lowest BCUT2D eigenvalue weighted by atomic mass is 9.95. The fourth-order valence-corrected chi connectivity index (χ4v) is 12.2. The van der Waals surface area contributed by atoms with E-state index in [0.717, 1.165) is 150 Å². The van der Waals surface area contributed by atoms with Gasteiger partial charge in [0.1, 0.15) is 23.5 Å². The molecule has 83 heavy (non-hydrogen) atoms. The first-order valence-corrected chi connectivity index (χ1v) is 27.7. The first-order chi connectivity index (χ1) is 41.0. The first kappa shape index (κ1) is 47.8. The summed E-state index contributed by atoms with van der Waals surface area (Å²) in [5.74, 6) is 0.786. The van der Waals surface area contributed by atoms with Gasteiger partial charge in [-0.05, 0) is 166 Å². The predicted octanol–water partition coefficient (Wildman–Crippen LogP) is 18.9. The minimum atomic E-state index is 0.405. The van der Waals surface area contributed by atoms with Gasteiger partial charge in [-0.25, -0.2) is 0 Å². The normalized spacial score (nSPS) is 13.7. The van der Waals surface area contributed by atoms with Crippen LogP contribution >= 0.6 is 0 Å². The Labute approximate surface area is 477 Å². The molecule has 8 heterocycles. The molecule has 0 fully saturated rings. The highest BCUT2D eigenvalue weighted by Gasteiger charge is 2.20. The van der Waals surface area contributed by atoms with Crippen molar-refractivity contribution in [3.05, 3.63) is 280 Å². The summed E-state index contributed by atoms with van der Waals surface area (Å²) in [7, 11) is 0. The van der Waals surface area contributed by atoms with Gasteiger partial charge in [0, 0.05) is 132 Å². The molecule has 0 unspecified atom stereocenters. The van der Waals surface area contributed by atoms with Crippen molar-refractivity contribution in [1.82, 2.24) is 29.1 Å². The smallest absolute Gasteiger partial charge is 0.135 e. The second kappa shape index (κ2) is 19.5. The maximum absolute atomic E-state index is 6.54. The lowest BCUT2D eigenvalue weighted by molar-refractivity contribution is 0.362. The Hall–Kier alpha value is -11.2. The van der Waals surface area contributed by atoms with Crippen molar-refractivity contribution in [2.75, 3.05) is 6.61 Å². The predicted molar refractivity (Wildman–Crippen MR) is 339 cm³/mol. The van der Waals surface area contributed by atoms with E-state index in [0.29, 0.717) is 6.61 Å². The number of hydrogen-bond acceptors (Lipinski definition) is 6. The van der Waals surface area contributed by atoms with E-state index in [-0.39, 0.29) is 0 Å². The summed E-state index contributed by atoms with van der Waals surface area (Å²) in [6.45, 7) is 5.11. The number of aromatic nitrogens is 6. The third kappa shape index (κ3) is 8.31. The third-order valence-corrected chi connectivity index (χ3v) is 16.2. The number of nitrogens with zero attached hydrogens (tertiary/aromatic N) is 6. The fraction of sp³-hybridized carbons (Fsp3) is 0.0133. The molecule has 7 aromatic heterocycles. The molecule has 0 atom stereocenters. The van der Waals surface area contributed by atoms with Gasteiger partial charge in [-0.3, -0.25) is 19.9 Å². The van der Waals surface area contributed by atoms with Crippen molar-refractivity contribution >= 4 is 76.8 Å². The first-order valence-electron chi connectivity index (χ1n) is 27.7. The average molecular weight is 1070 g/mol. The molecule has 390 valence electrons. The maximum Gasteiger partial charge on any atom is 0.135 e. The van der Waals surface area contributed by atoms with Crippen LogP contribution in [0.5, 0.6) is 5.75 Å². The van der Waals surface area contributed by atoms with Gasteiger partial charge in [-0.2, -0.15) is 0 Å². The van der Waals surface area contributed by atoms with Crippen molar-refractivity contribution < 1.29 is 9.15 Å². The molecular formula is C75H48N6O2. The third-order valence-electron chi connectivity index (χ3n) is 16.2. The Morgan fingerprint density at radius 2 is 0.843 bits per heavy atom. The van der Waals surface area contributed by atoms with Crippen LogP contribution in [0.25, 0.3) is 149 Å². The van der Waals surface area contributed by atoms with Crippen molar-refractivity contribution in [1.29, 1.82) is 0 Å². The van der Waals surface area contributed by atoms with Crippen LogP contribution in [-0.4, -0.2) is 35.7 Å². The second-order valence-electron chi connectivity index (χ2n) is 21.2. The Morgan fingerprint density at radius 3 is 1.49 bits per heavy atom. The zero-order valence-corrected chi connectivity index (χ0v) is 44.8. The molecule has 15 aromatic rings. The Balaban J connectivity index is 0.724. The van der Waals surface area contributed by atoms with E-state index >= 15 is 0 Å². The van der Waals surface area contributed by atoms with Gasteiger partial charge in [-0.1, -0.05) is 97.6 Å². The molecule has 0 spiro atoms. The van der Waals surface area contributed by atoms with Crippen molar-refractivity contribution in [3.63, 3.8) is 0 Å². The van der Waals surface area contributed by atoms with Gasteiger partial charge in [0.15, 0.2) is 0 Å². The number of ether oxygens (including phenoxy) is 1. The minimum absolute atomic E-state index is 0.405. The number of para-hydroxylation sites is 2. The van der Waals surface area contributed by atoms with Crippen LogP contribution in [-0.2, 0) is 0 Å². The van der Waals surface area contributed by atoms with Crippen molar-refractivity contribution in [2.45, 2.75) is 0 Å². The number of rotatable bonds is 8. The van der Waals surface area contributed by atoms with Crippen LogP contribution in [0.2, 0.25) is 0 Å². The van der Waals surface area contributed by atoms with E-state index in [1.807, 2.05) is 49.3 Å². The van der Waals surface area contributed by atoms with E-state index < -0.39 is 0 Å². The van der Waals surface area contributed by atoms with E-state index in [9.17, 15) is 0 Å². The Morgan fingerprint density at radius 1 is 0.361 bits per heavy atom. The number of hydrogen-bond donors (Lipinski definition) is 0. The lowest BCUT2D eigenvalue weighted by Gasteiger charge is -2.14. The lowest BCUT2D eigenvalue weighted by Crippen LogP contribution is -1.96. The van der Waals surface area contributed by atoms with E-state index in [2.05, 4.69) is 235 Å². The number of allylic oxidation sites excluding steroid dienone is 4. The van der Waals surface area contributed by atoms with E-state index in [1.54, 1.807) is 12.4 Å². The molecule has 0 radical (unpaired) electrons. The fourth-order valence-electron chi connectivity index (χ4n) is 12.2. The zero-order valence-electron chi connectivity index (χ0n) is 44.8. The SMILES string of the molecule is C=C1/C=C(n2c3ccccc3c3cc(-c4cncc(-c5cccnc5)c4)ccc32)\C=C/COc2ccc(-c3cccc(-c4ccc5oc6ccc(-n7c8ccccc8c8cc(-c9cncc(-c%10cccnc%10)c9)ccc87)cc6c5c4)c3)cc21. The highest BCUT2D eigenvalue weighted by atomic mass is 16.5. The van der Waals surface area contributed by atoms with Crippen LogP contribution in [0.15, 0.2) is 279 Å². The number of benzene rings is 8. The standard InChI is InChI=1S/C75H48N6O2/c1-47-32-60(80-69-17-4-2-15-62(69)65-37-52(19-24-71(65)80)56-34-58(45-78-43-56)54-12-7-29-76-41-54)14-9-31-82-73-26-21-50(36-64(47)73)48-10-6-11-49(33-48)51-22-27-74-67(39-51)68-40-61(23-28-75(68)83-74)81-70-18-5-3-16-63(70)66-38-53(20-25-72(66)81)57-35-59(46-79-44-57)55-13-8-30-77-42-55/h2-30,32-46H,1,31H2/b14-9-,60-32+. The molecule has 0 amide bonds. The minimum Gasteiger partial charge on any atom is -0.489 e. The average Bonchev–Trinajstić information content (AvgIpc) is 3.56.